The van der Waals surface area contributed by atoms with Gasteiger partial charge >= 0.3 is 0 Å². The van der Waals surface area contributed by atoms with Gasteiger partial charge in [-0.05, 0) is 51.3 Å². The molecule has 0 saturated carbocycles. The molecular formula is C25H34N2O3. The fourth-order valence-electron chi connectivity index (χ4n) is 2.56. The van der Waals surface area contributed by atoms with Crippen LogP contribution in [0.1, 0.15) is 44.2 Å². The van der Waals surface area contributed by atoms with Gasteiger partial charge in [0, 0.05) is 12.1 Å². The first-order valence-electron chi connectivity index (χ1n) is 9.91. The Kier molecular flexibility index (Phi) is 16.1. The first-order valence-corrected chi connectivity index (χ1v) is 9.91. The molecule has 0 aliphatic heterocycles. The minimum atomic E-state index is -0.584. The molecular weight excluding hydrogens is 376 g/mol. The maximum absolute atomic E-state index is 11.1. The van der Waals surface area contributed by atoms with E-state index in [1.165, 1.54) is 17.6 Å². The lowest BCUT2D eigenvalue weighted by atomic mass is 10.1. The van der Waals surface area contributed by atoms with Gasteiger partial charge in [-0.3, -0.25) is 10.0 Å². The van der Waals surface area contributed by atoms with Crippen LogP contribution in [0.4, 0.5) is 0 Å². The number of ether oxygens (including phenoxy) is 1. The maximum Gasteiger partial charge on any atom is 0.281 e. The van der Waals surface area contributed by atoms with E-state index in [2.05, 4.69) is 37.7 Å². The van der Waals surface area contributed by atoms with Crippen molar-refractivity contribution in [2.24, 2.45) is 0 Å². The zero-order valence-electron chi connectivity index (χ0n) is 18.1. The van der Waals surface area contributed by atoms with Gasteiger partial charge in [-0.2, -0.15) is 0 Å². The standard InChI is InChI=1S/C23H32N2O3.C2H2/c1-4-6-7-10-19(3)11-8-9-16-24-17-20-12-14-21(15-13-20)22(5-2)28-18-23(26)25-27;1-2/h4-7,10,12-15,24,27H,1,8-9,11,16-18H2,2-3H3,(H,25,26);1-2H/b7-6-,19-10+,22-5-;. The number of terminal acetylenes is 1. The van der Waals surface area contributed by atoms with E-state index in [1.807, 2.05) is 43.3 Å². The third-order valence-corrected chi connectivity index (χ3v) is 4.12. The lowest BCUT2D eigenvalue weighted by Gasteiger charge is -2.10. The minimum absolute atomic E-state index is 0.224. The molecule has 1 aromatic rings. The van der Waals surface area contributed by atoms with E-state index < -0.39 is 5.91 Å². The molecule has 1 rings (SSSR count). The van der Waals surface area contributed by atoms with Gasteiger partial charge in [0.25, 0.3) is 5.91 Å². The Morgan fingerprint density at radius 2 is 1.90 bits per heavy atom. The second-order valence-corrected chi connectivity index (χ2v) is 6.44. The highest BCUT2D eigenvalue weighted by Gasteiger charge is 2.05. The number of benzene rings is 1. The normalized spacial score (nSPS) is 11.5. The first-order chi connectivity index (χ1) is 14.6. The molecule has 0 aliphatic carbocycles. The van der Waals surface area contributed by atoms with Crippen LogP contribution in [0, 0.1) is 12.8 Å². The summed E-state index contributed by atoms with van der Waals surface area (Å²) in [5.74, 6) is 0.0218. The molecule has 0 saturated heterocycles. The summed E-state index contributed by atoms with van der Waals surface area (Å²) >= 11 is 0. The topological polar surface area (TPSA) is 70.6 Å². The molecule has 1 amide bonds. The smallest absolute Gasteiger partial charge is 0.281 e. The van der Waals surface area contributed by atoms with Crippen molar-refractivity contribution in [3.8, 4) is 12.8 Å². The van der Waals surface area contributed by atoms with E-state index >= 15 is 0 Å². The molecule has 0 unspecified atom stereocenters. The van der Waals surface area contributed by atoms with E-state index in [0.717, 1.165) is 31.5 Å². The third-order valence-electron chi connectivity index (χ3n) is 4.12. The van der Waals surface area contributed by atoms with Crippen LogP contribution in [0.3, 0.4) is 0 Å². The molecule has 0 spiro atoms. The van der Waals surface area contributed by atoms with Gasteiger partial charge in [0.05, 0.1) is 0 Å². The highest BCUT2D eigenvalue weighted by Crippen LogP contribution is 2.16. The molecule has 162 valence electrons. The fraction of sp³-hybridized carbons (Fsp3) is 0.320. The summed E-state index contributed by atoms with van der Waals surface area (Å²) in [6, 6.07) is 8.02. The average Bonchev–Trinajstić information content (AvgIpc) is 2.78. The Morgan fingerprint density at radius 1 is 1.20 bits per heavy atom. The van der Waals surface area contributed by atoms with E-state index in [1.54, 1.807) is 17.6 Å². The molecule has 0 atom stereocenters. The number of nitrogens with one attached hydrogen (secondary N) is 2. The summed E-state index contributed by atoms with van der Waals surface area (Å²) in [6.07, 6.45) is 21.1. The zero-order valence-corrected chi connectivity index (χ0v) is 18.1. The summed E-state index contributed by atoms with van der Waals surface area (Å²) in [6.45, 7) is 9.23. The lowest BCUT2D eigenvalue weighted by molar-refractivity contribution is -0.131. The van der Waals surface area contributed by atoms with E-state index in [-0.39, 0.29) is 6.61 Å². The van der Waals surface area contributed by atoms with Crippen molar-refractivity contribution in [2.75, 3.05) is 13.2 Å². The molecule has 3 N–H and O–H groups in total. The summed E-state index contributed by atoms with van der Waals surface area (Å²) in [5.41, 5.74) is 5.02. The zero-order chi connectivity index (χ0) is 22.6. The molecule has 0 fully saturated rings. The van der Waals surface area contributed by atoms with E-state index in [4.69, 9.17) is 9.94 Å². The Morgan fingerprint density at radius 3 is 2.50 bits per heavy atom. The number of allylic oxidation sites excluding steroid dienone is 6. The highest BCUT2D eigenvalue weighted by molar-refractivity contribution is 5.77. The number of amides is 1. The van der Waals surface area contributed by atoms with Crippen molar-refractivity contribution in [2.45, 2.75) is 39.7 Å². The van der Waals surface area contributed by atoms with Crippen LogP contribution < -0.4 is 10.8 Å². The van der Waals surface area contributed by atoms with E-state index in [0.29, 0.717) is 5.76 Å². The van der Waals surface area contributed by atoms with Crippen LogP contribution >= 0.6 is 0 Å². The van der Waals surface area contributed by atoms with Crippen molar-refractivity contribution in [1.29, 1.82) is 0 Å². The Balaban J connectivity index is 0.00000407. The Labute approximate surface area is 181 Å². The predicted octanol–water partition coefficient (Wildman–Crippen LogP) is 4.77. The molecule has 0 aliphatic rings. The van der Waals surface area contributed by atoms with Gasteiger partial charge in [-0.1, -0.05) is 60.7 Å². The maximum atomic E-state index is 11.1. The summed E-state index contributed by atoms with van der Waals surface area (Å²) in [4.78, 5) is 11.1. The number of hydrogen-bond donors (Lipinski definition) is 3. The SMILES string of the molecule is C#C.C=C/C=C\C=C(/C)CCCCNCc1ccc(/C(=C/C)OCC(=O)NO)cc1. The van der Waals surface area contributed by atoms with Crippen molar-refractivity contribution < 1.29 is 14.7 Å². The fourth-order valence-corrected chi connectivity index (χ4v) is 2.56. The van der Waals surface area contributed by atoms with Crippen LogP contribution in [0.25, 0.3) is 5.76 Å². The van der Waals surface area contributed by atoms with Gasteiger partial charge in [0.15, 0.2) is 6.61 Å². The largest absolute Gasteiger partial charge is 0.483 e. The number of rotatable bonds is 13. The molecule has 0 heterocycles. The van der Waals surface area contributed by atoms with Crippen LogP contribution in [-0.4, -0.2) is 24.3 Å². The third kappa shape index (κ3) is 12.4. The average molecular weight is 411 g/mol. The molecule has 0 bridgehead atoms. The lowest BCUT2D eigenvalue weighted by Crippen LogP contribution is -2.23. The quantitative estimate of drug-likeness (QED) is 0.109. The molecule has 0 aromatic heterocycles. The van der Waals surface area contributed by atoms with Crippen LogP contribution in [0.15, 0.2) is 66.8 Å². The molecule has 5 nitrogen and oxygen atoms in total. The minimum Gasteiger partial charge on any atom is -0.483 e. The molecule has 0 radical (unpaired) electrons. The number of unbranched alkanes of at least 4 members (excludes halogenated alkanes) is 1. The molecule has 1 aromatic carbocycles. The number of hydrogen-bond acceptors (Lipinski definition) is 4. The highest BCUT2D eigenvalue weighted by atomic mass is 16.5. The molecule has 5 heteroatoms. The second kappa shape index (κ2) is 18.0. The van der Waals surface area contributed by atoms with Crippen molar-refractivity contribution in [3.05, 3.63) is 77.9 Å². The van der Waals surface area contributed by atoms with Gasteiger partial charge in [0.1, 0.15) is 5.76 Å². The van der Waals surface area contributed by atoms with Gasteiger partial charge in [-0.15, -0.1) is 12.8 Å². The Hall–Kier alpha value is -3.07. The monoisotopic (exact) mass is 410 g/mol. The predicted molar refractivity (Wildman–Crippen MR) is 125 cm³/mol. The van der Waals surface area contributed by atoms with Crippen LogP contribution in [0.2, 0.25) is 0 Å². The second-order valence-electron chi connectivity index (χ2n) is 6.44. The van der Waals surface area contributed by atoms with Gasteiger partial charge in [-0.25, -0.2) is 5.48 Å². The summed E-state index contributed by atoms with van der Waals surface area (Å²) in [5, 5.41) is 12.0. The number of carbonyl (C=O) groups excluding carboxylic acids is 1. The number of hydroxylamine groups is 1. The van der Waals surface area contributed by atoms with E-state index in [9.17, 15) is 4.79 Å². The number of carbonyl (C=O) groups is 1. The summed E-state index contributed by atoms with van der Waals surface area (Å²) < 4.78 is 5.41. The van der Waals surface area contributed by atoms with Crippen molar-refractivity contribution in [1.82, 2.24) is 10.8 Å². The van der Waals surface area contributed by atoms with Crippen molar-refractivity contribution in [3.63, 3.8) is 0 Å². The van der Waals surface area contributed by atoms with Crippen LogP contribution in [-0.2, 0) is 16.1 Å². The first kappa shape index (κ1) is 26.9. The van der Waals surface area contributed by atoms with Gasteiger partial charge < -0.3 is 10.1 Å². The van der Waals surface area contributed by atoms with Crippen molar-refractivity contribution >= 4 is 11.7 Å². The molecule has 30 heavy (non-hydrogen) atoms. The summed E-state index contributed by atoms with van der Waals surface area (Å²) in [7, 11) is 0. The Bertz CT molecular complexity index is 729. The van der Waals surface area contributed by atoms with Crippen LogP contribution in [0.5, 0.6) is 0 Å². The van der Waals surface area contributed by atoms with Gasteiger partial charge in [0.2, 0.25) is 0 Å².